The van der Waals surface area contributed by atoms with E-state index in [0.29, 0.717) is 0 Å². The zero-order valence-electron chi connectivity index (χ0n) is 10.8. The third-order valence-electron chi connectivity index (χ3n) is 3.57. The molecule has 1 aliphatic rings. The van der Waals surface area contributed by atoms with E-state index in [1.807, 2.05) is 11.8 Å². The topological polar surface area (TPSA) is 44.8 Å². The summed E-state index contributed by atoms with van der Waals surface area (Å²) in [5, 5.41) is 1.21. The Hall–Kier alpha value is -1.23. The van der Waals surface area contributed by atoms with E-state index in [1.54, 1.807) is 6.33 Å². The van der Waals surface area contributed by atoms with Crippen molar-refractivity contribution in [1.29, 1.82) is 0 Å². The monoisotopic (exact) mass is 262 g/mol. The number of nitrogens with zero attached hydrogens (tertiary/aromatic N) is 3. The average molecular weight is 262 g/mol. The van der Waals surface area contributed by atoms with Gasteiger partial charge in [0.25, 0.3) is 0 Å². The van der Waals surface area contributed by atoms with E-state index in [0.717, 1.165) is 36.9 Å². The number of anilines is 1. The fourth-order valence-corrected chi connectivity index (χ4v) is 3.29. The molecule has 0 bridgehead atoms. The third kappa shape index (κ3) is 1.86. The highest BCUT2D eigenvalue weighted by Gasteiger charge is 2.29. The molecule has 0 atom stereocenters. The lowest BCUT2D eigenvalue weighted by Gasteiger charge is -2.40. The van der Waals surface area contributed by atoms with Gasteiger partial charge in [-0.1, -0.05) is 6.92 Å². The molecule has 0 saturated carbocycles. The average Bonchev–Trinajstić information content (AvgIpc) is 2.76. The molecule has 1 saturated heterocycles. The van der Waals surface area contributed by atoms with Gasteiger partial charge in [-0.3, -0.25) is 0 Å². The Morgan fingerprint density at radius 3 is 3.00 bits per heavy atom. The number of aromatic amines is 1. The SMILES string of the molecule is CCc1c[nH]c2ncnc(N3CC(CSC)C3)c12. The fraction of sp³-hybridized carbons (Fsp3) is 0.538. The Morgan fingerprint density at radius 2 is 2.28 bits per heavy atom. The van der Waals surface area contributed by atoms with Gasteiger partial charge in [-0.2, -0.15) is 11.8 Å². The fourth-order valence-electron chi connectivity index (χ4n) is 2.61. The first-order valence-corrected chi connectivity index (χ1v) is 7.77. The second kappa shape index (κ2) is 4.80. The van der Waals surface area contributed by atoms with Crippen LogP contribution in [0.3, 0.4) is 0 Å². The Bertz CT molecular complexity index is 545. The molecular weight excluding hydrogens is 244 g/mol. The highest BCUT2D eigenvalue weighted by Crippen LogP contribution is 2.31. The molecule has 0 aromatic carbocycles. The number of aryl methyl sites for hydroxylation is 1. The van der Waals surface area contributed by atoms with Crippen LogP contribution in [-0.2, 0) is 6.42 Å². The predicted molar refractivity (Wildman–Crippen MR) is 77.4 cm³/mol. The summed E-state index contributed by atoms with van der Waals surface area (Å²) < 4.78 is 0. The van der Waals surface area contributed by atoms with Gasteiger partial charge in [0.2, 0.25) is 0 Å². The summed E-state index contributed by atoms with van der Waals surface area (Å²) in [5.41, 5.74) is 2.28. The summed E-state index contributed by atoms with van der Waals surface area (Å²) in [7, 11) is 0. The zero-order valence-corrected chi connectivity index (χ0v) is 11.6. The maximum Gasteiger partial charge on any atom is 0.143 e. The molecule has 1 fully saturated rings. The van der Waals surface area contributed by atoms with Gasteiger partial charge in [0.15, 0.2) is 0 Å². The van der Waals surface area contributed by atoms with Crippen LogP contribution in [0.25, 0.3) is 11.0 Å². The van der Waals surface area contributed by atoms with Crippen molar-refractivity contribution in [1.82, 2.24) is 15.0 Å². The molecule has 2 aromatic rings. The van der Waals surface area contributed by atoms with Crippen LogP contribution in [0.5, 0.6) is 0 Å². The molecule has 0 spiro atoms. The van der Waals surface area contributed by atoms with Crippen molar-refractivity contribution in [2.75, 3.05) is 30.0 Å². The number of fused-ring (bicyclic) bond motifs is 1. The first-order chi connectivity index (χ1) is 8.83. The second-order valence-electron chi connectivity index (χ2n) is 4.81. The molecule has 0 amide bonds. The van der Waals surface area contributed by atoms with Crippen molar-refractivity contribution in [3.05, 3.63) is 18.1 Å². The molecule has 4 nitrogen and oxygen atoms in total. The molecule has 2 aromatic heterocycles. The molecule has 1 aliphatic heterocycles. The molecule has 18 heavy (non-hydrogen) atoms. The van der Waals surface area contributed by atoms with Crippen LogP contribution in [0.15, 0.2) is 12.5 Å². The Balaban J connectivity index is 1.90. The van der Waals surface area contributed by atoms with Crippen LogP contribution in [0.2, 0.25) is 0 Å². The van der Waals surface area contributed by atoms with Crippen molar-refractivity contribution in [3.8, 4) is 0 Å². The van der Waals surface area contributed by atoms with Crippen LogP contribution < -0.4 is 4.90 Å². The molecule has 0 unspecified atom stereocenters. The smallest absolute Gasteiger partial charge is 0.143 e. The Morgan fingerprint density at radius 1 is 1.44 bits per heavy atom. The molecule has 96 valence electrons. The van der Waals surface area contributed by atoms with Crippen molar-refractivity contribution in [3.63, 3.8) is 0 Å². The van der Waals surface area contributed by atoms with E-state index < -0.39 is 0 Å². The largest absolute Gasteiger partial charge is 0.355 e. The Kier molecular flexibility index (Phi) is 3.16. The number of aromatic nitrogens is 3. The van der Waals surface area contributed by atoms with Crippen LogP contribution >= 0.6 is 11.8 Å². The summed E-state index contributed by atoms with van der Waals surface area (Å²) in [4.78, 5) is 14.4. The highest BCUT2D eigenvalue weighted by atomic mass is 32.2. The summed E-state index contributed by atoms with van der Waals surface area (Å²) in [6.45, 7) is 4.43. The zero-order chi connectivity index (χ0) is 12.5. The predicted octanol–water partition coefficient (Wildman–Crippen LogP) is 2.32. The van der Waals surface area contributed by atoms with Crippen LogP contribution in [0, 0.1) is 5.92 Å². The van der Waals surface area contributed by atoms with E-state index >= 15 is 0 Å². The van der Waals surface area contributed by atoms with Crippen molar-refractivity contribution < 1.29 is 0 Å². The quantitative estimate of drug-likeness (QED) is 0.918. The maximum atomic E-state index is 4.49. The van der Waals surface area contributed by atoms with Crippen LogP contribution in [-0.4, -0.2) is 40.1 Å². The van der Waals surface area contributed by atoms with Gasteiger partial charge in [0, 0.05) is 25.2 Å². The van der Waals surface area contributed by atoms with Crippen molar-refractivity contribution in [2.24, 2.45) is 5.92 Å². The summed E-state index contributed by atoms with van der Waals surface area (Å²) in [5.74, 6) is 3.17. The number of rotatable bonds is 4. The van der Waals surface area contributed by atoms with Gasteiger partial charge in [-0.25, -0.2) is 9.97 Å². The lowest BCUT2D eigenvalue weighted by atomic mass is 10.0. The first-order valence-electron chi connectivity index (χ1n) is 6.38. The van der Waals surface area contributed by atoms with E-state index in [-0.39, 0.29) is 0 Å². The molecule has 3 heterocycles. The minimum absolute atomic E-state index is 0.814. The van der Waals surface area contributed by atoms with Crippen molar-refractivity contribution in [2.45, 2.75) is 13.3 Å². The van der Waals surface area contributed by atoms with Crippen LogP contribution in [0.4, 0.5) is 5.82 Å². The van der Waals surface area contributed by atoms with E-state index in [1.165, 1.54) is 16.7 Å². The molecule has 3 rings (SSSR count). The van der Waals surface area contributed by atoms with Gasteiger partial charge in [-0.15, -0.1) is 0 Å². The minimum atomic E-state index is 0.814. The van der Waals surface area contributed by atoms with E-state index in [4.69, 9.17) is 0 Å². The third-order valence-corrected chi connectivity index (χ3v) is 4.38. The van der Waals surface area contributed by atoms with Crippen molar-refractivity contribution >= 4 is 28.6 Å². The number of hydrogen-bond donors (Lipinski definition) is 1. The molecule has 5 heteroatoms. The summed E-state index contributed by atoms with van der Waals surface area (Å²) >= 11 is 1.93. The maximum absolute atomic E-state index is 4.49. The first kappa shape index (κ1) is 11.8. The number of thioether (sulfide) groups is 1. The summed E-state index contributed by atoms with van der Waals surface area (Å²) in [6.07, 6.45) is 6.91. The van der Waals surface area contributed by atoms with Gasteiger partial charge in [0.05, 0.1) is 5.39 Å². The minimum Gasteiger partial charge on any atom is -0.355 e. The highest BCUT2D eigenvalue weighted by molar-refractivity contribution is 7.98. The summed E-state index contributed by atoms with van der Waals surface area (Å²) in [6, 6.07) is 0. The number of nitrogens with one attached hydrogen (secondary N) is 1. The van der Waals surface area contributed by atoms with Gasteiger partial charge in [-0.05, 0) is 24.0 Å². The standard InChI is InChI=1S/C13H18N4S/c1-3-10-4-14-12-11(10)13(16-8-15-12)17-5-9(6-17)7-18-2/h4,8-9H,3,5-7H2,1-2H3,(H,14,15,16). The van der Waals surface area contributed by atoms with E-state index in [2.05, 4.69) is 39.2 Å². The van der Waals surface area contributed by atoms with E-state index in [9.17, 15) is 0 Å². The lowest BCUT2D eigenvalue weighted by Crippen LogP contribution is -2.48. The number of H-pyrrole nitrogens is 1. The normalized spacial score (nSPS) is 16.2. The number of hydrogen-bond acceptors (Lipinski definition) is 4. The molecule has 0 aliphatic carbocycles. The van der Waals surface area contributed by atoms with Gasteiger partial charge < -0.3 is 9.88 Å². The molecular formula is C13H18N4S. The Labute approximate surface area is 111 Å². The van der Waals surface area contributed by atoms with Gasteiger partial charge >= 0.3 is 0 Å². The lowest BCUT2D eigenvalue weighted by molar-refractivity contribution is 0.452. The van der Waals surface area contributed by atoms with Gasteiger partial charge in [0.1, 0.15) is 17.8 Å². The molecule has 0 radical (unpaired) electrons. The molecule has 1 N–H and O–H groups in total. The second-order valence-corrected chi connectivity index (χ2v) is 5.73. The van der Waals surface area contributed by atoms with Crippen LogP contribution in [0.1, 0.15) is 12.5 Å².